The molecule has 0 fully saturated rings. The first-order valence-electron chi connectivity index (χ1n) is 5.95. The van der Waals surface area contributed by atoms with Gasteiger partial charge in [0.15, 0.2) is 0 Å². The van der Waals surface area contributed by atoms with Crippen molar-refractivity contribution in [2.24, 2.45) is 0 Å². The fourth-order valence-corrected chi connectivity index (χ4v) is 3.49. The Morgan fingerprint density at radius 2 is 0.952 bits per heavy atom. The van der Waals surface area contributed by atoms with Gasteiger partial charge in [-0.3, -0.25) is 0 Å². The smallest absolute Gasteiger partial charge is 0.207 e. The fraction of sp³-hybridized carbons (Fsp3) is 0. The molecule has 2 aromatic rings. The van der Waals surface area contributed by atoms with Crippen LogP contribution in [0.3, 0.4) is 0 Å². The van der Waals surface area contributed by atoms with Gasteiger partial charge in [0.2, 0.25) is 19.7 Å². The third kappa shape index (κ3) is 3.92. The average Bonchev–Trinajstić information content (AvgIpc) is 2.49. The summed E-state index contributed by atoms with van der Waals surface area (Å²) in [5.74, 6) is 0. The molecule has 0 aliphatic carbocycles. The maximum absolute atomic E-state index is 11.9. The maximum atomic E-state index is 11.9. The molecule has 0 aromatic heterocycles. The Morgan fingerprint density at radius 3 is 1.29 bits per heavy atom. The molecule has 21 heavy (non-hydrogen) atoms. The second-order valence-electron chi connectivity index (χ2n) is 4.12. The van der Waals surface area contributed by atoms with Crippen LogP contribution in [0.1, 0.15) is 0 Å². The lowest BCUT2D eigenvalue weighted by molar-refractivity contribution is 0.603. The van der Waals surface area contributed by atoms with Crippen LogP contribution in [-0.2, 0) is 19.7 Å². The van der Waals surface area contributed by atoms with Gasteiger partial charge in [0.05, 0.1) is 20.6 Å². The van der Waals surface area contributed by atoms with E-state index in [1.807, 2.05) is 0 Å². The van der Waals surface area contributed by atoms with E-state index in [0.717, 1.165) is 10.8 Å². The molecule has 0 saturated carbocycles. The van der Waals surface area contributed by atoms with Crippen molar-refractivity contribution in [2.75, 3.05) is 0 Å². The van der Waals surface area contributed by atoms with Crippen molar-refractivity contribution in [2.45, 2.75) is 9.79 Å². The Bertz CT molecular complexity index is 802. The highest BCUT2D eigenvalue weighted by atomic mass is 32.2. The van der Waals surface area contributed by atoms with E-state index in [4.69, 9.17) is 0 Å². The summed E-state index contributed by atoms with van der Waals surface area (Å²) in [4.78, 5) is 0.172. The quantitative estimate of drug-likeness (QED) is 0.812. The van der Waals surface area contributed by atoms with Crippen LogP contribution in [-0.4, -0.2) is 16.8 Å². The molecule has 0 aliphatic heterocycles. The first-order valence-corrected chi connectivity index (χ1v) is 9.04. The van der Waals surface area contributed by atoms with Crippen LogP contribution in [0.2, 0.25) is 0 Å². The summed E-state index contributed by atoms with van der Waals surface area (Å²) in [6.45, 7) is 0. The van der Waals surface area contributed by atoms with E-state index in [-0.39, 0.29) is 9.79 Å². The zero-order chi connectivity index (χ0) is 15.3. The van der Waals surface area contributed by atoms with E-state index >= 15 is 0 Å². The highest BCUT2D eigenvalue weighted by Crippen LogP contribution is 2.12. The maximum Gasteiger partial charge on any atom is 0.207 e. The Kier molecular flexibility index (Phi) is 4.43. The van der Waals surface area contributed by atoms with Crippen LogP contribution in [0.4, 0.5) is 0 Å². The van der Waals surface area contributed by atoms with Gasteiger partial charge in [-0.1, -0.05) is 42.1 Å². The first-order chi connectivity index (χ1) is 9.92. The topological polar surface area (TPSA) is 68.3 Å². The lowest BCUT2D eigenvalue weighted by Crippen LogP contribution is -1.96. The van der Waals surface area contributed by atoms with Crippen LogP contribution >= 0.6 is 0 Å². The van der Waals surface area contributed by atoms with Gasteiger partial charge in [-0.05, 0) is 24.3 Å². The van der Waals surface area contributed by atoms with Crippen molar-refractivity contribution in [3.05, 3.63) is 77.2 Å². The first kappa shape index (κ1) is 15.3. The molecule has 4 nitrogen and oxygen atoms in total. The Labute approximate surface area is 123 Å². The molecule has 0 saturated heterocycles. The van der Waals surface area contributed by atoms with E-state index < -0.39 is 19.7 Å². The molecular weight excluding hydrogens is 308 g/mol. The molecule has 0 amide bonds. The summed E-state index contributed by atoms with van der Waals surface area (Å²) in [6, 6.07) is 15.5. The van der Waals surface area contributed by atoms with Crippen LogP contribution in [0, 0.1) is 0 Å². The molecule has 6 heteroatoms. The van der Waals surface area contributed by atoms with Gasteiger partial charge in [0.25, 0.3) is 0 Å². The van der Waals surface area contributed by atoms with Crippen molar-refractivity contribution in [3.8, 4) is 0 Å². The number of hydrogen-bond acceptors (Lipinski definition) is 4. The fourth-order valence-electron chi connectivity index (χ4n) is 1.56. The summed E-state index contributed by atoms with van der Waals surface area (Å²) in [5.41, 5.74) is 2.24. The van der Waals surface area contributed by atoms with Crippen molar-refractivity contribution in [3.63, 3.8) is 0 Å². The number of benzene rings is 2. The molecule has 0 spiro atoms. The monoisotopic (exact) mass is 320 g/mol. The number of rotatable bonds is 4. The molecule has 0 atom stereocenters. The van der Waals surface area contributed by atoms with Crippen LogP contribution < -0.4 is 0 Å². The van der Waals surface area contributed by atoms with Gasteiger partial charge < -0.3 is 0 Å². The summed E-state index contributed by atoms with van der Waals surface area (Å²) >= 11 is 0. The molecule has 0 heterocycles. The van der Waals surface area contributed by atoms with Gasteiger partial charge in [-0.25, -0.2) is 16.8 Å². The zero-order valence-electron chi connectivity index (χ0n) is 10.9. The van der Waals surface area contributed by atoms with Crippen LogP contribution in [0.25, 0.3) is 0 Å². The standard InChI is InChI=1S/C15H12O4S2/c16-20(17,14-8-3-1-4-9-14)12-7-13-21(18,19)15-10-5-2-6-11-15/h1-6,8-13H. The van der Waals surface area contributed by atoms with E-state index in [9.17, 15) is 16.8 Å². The second-order valence-corrected chi connectivity index (χ2v) is 7.71. The zero-order valence-corrected chi connectivity index (χ0v) is 12.5. The average molecular weight is 320 g/mol. The van der Waals surface area contributed by atoms with Gasteiger partial charge in [0.1, 0.15) is 0 Å². The van der Waals surface area contributed by atoms with Gasteiger partial charge in [-0.15, -0.1) is 0 Å². The van der Waals surface area contributed by atoms with Crippen LogP contribution in [0.15, 0.2) is 87.0 Å². The van der Waals surface area contributed by atoms with Gasteiger partial charge in [-0.2, -0.15) is 0 Å². The highest BCUT2D eigenvalue weighted by Gasteiger charge is 2.10. The van der Waals surface area contributed by atoms with Crippen molar-refractivity contribution in [1.82, 2.24) is 0 Å². The van der Waals surface area contributed by atoms with Gasteiger partial charge in [0, 0.05) is 0 Å². The number of hydrogen-bond donors (Lipinski definition) is 0. The van der Waals surface area contributed by atoms with Crippen molar-refractivity contribution < 1.29 is 16.8 Å². The van der Waals surface area contributed by atoms with E-state index in [0.29, 0.717) is 0 Å². The molecular formula is C15H12O4S2. The minimum Gasteiger partial charge on any atom is -0.218 e. The summed E-state index contributed by atoms with van der Waals surface area (Å²) in [6.07, 6.45) is 0. The largest absolute Gasteiger partial charge is 0.218 e. The molecule has 2 rings (SSSR count). The summed E-state index contributed by atoms with van der Waals surface area (Å²) < 4.78 is 47.7. The minimum atomic E-state index is -3.70. The van der Waals surface area contributed by atoms with Gasteiger partial charge >= 0.3 is 0 Å². The van der Waals surface area contributed by atoms with E-state index in [2.05, 4.69) is 5.73 Å². The van der Waals surface area contributed by atoms with Crippen LogP contribution in [0.5, 0.6) is 0 Å². The third-order valence-electron chi connectivity index (χ3n) is 2.59. The van der Waals surface area contributed by atoms with Crippen molar-refractivity contribution >= 4 is 19.7 Å². The predicted octanol–water partition coefficient (Wildman–Crippen LogP) is 2.56. The second kappa shape index (κ2) is 6.10. The normalized spacial score (nSPS) is 11.4. The predicted molar refractivity (Wildman–Crippen MR) is 79.9 cm³/mol. The molecule has 0 radical (unpaired) electrons. The summed E-state index contributed by atoms with van der Waals surface area (Å²) in [5, 5.41) is 1.51. The lowest BCUT2D eigenvalue weighted by Gasteiger charge is -1.97. The van der Waals surface area contributed by atoms with E-state index in [1.165, 1.54) is 24.3 Å². The molecule has 0 N–H and O–H groups in total. The SMILES string of the molecule is O=S(=O)(C=C=CS(=O)(=O)c1ccccc1)c1ccccc1. The molecule has 2 aromatic carbocycles. The highest BCUT2D eigenvalue weighted by molar-refractivity contribution is 7.95. The Morgan fingerprint density at radius 1 is 0.619 bits per heavy atom. The van der Waals surface area contributed by atoms with Crippen molar-refractivity contribution in [1.29, 1.82) is 0 Å². The molecule has 0 aliphatic rings. The third-order valence-corrected chi connectivity index (χ3v) is 5.34. The minimum absolute atomic E-state index is 0.0861. The number of sulfone groups is 2. The summed E-state index contributed by atoms with van der Waals surface area (Å²) in [7, 11) is -7.39. The molecule has 0 unspecified atom stereocenters. The Balaban J connectivity index is 2.34. The lowest BCUT2D eigenvalue weighted by atomic mass is 10.4. The molecule has 0 bridgehead atoms. The Hall–Kier alpha value is -2.14. The molecule has 108 valence electrons. The van der Waals surface area contributed by atoms with E-state index in [1.54, 1.807) is 36.4 Å².